The monoisotopic (exact) mass is 401 g/mol. The van der Waals surface area contributed by atoms with Gasteiger partial charge in [0.15, 0.2) is 0 Å². The molecule has 1 unspecified atom stereocenters. The van der Waals surface area contributed by atoms with Crippen molar-refractivity contribution < 1.29 is 9.53 Å². The summed E-state index contributed by atoms with van der Waals surface area (Å²) in [4.78, 5) is 21.6. The minimum absolute atomic E-state index is 0.0446. The van der Waals surface area contributed by atoms with Gasteiger partial charge in [-0.2, -0.15) is 0 Å². The number of rotatable bonds is 5. The highest BCUT2D eigenvalue weighted by atomic mass is 16.6. The van der Waals surface area contributed by atoms with Gasteiger partial charge < -0.3 is 14.5 Å². The second kappa shape index (κ2) is 9.44. The molecule has 2 aromatic carbocycles. The number of carbonyl (C=O) groups is 1. The zero-order valence-corrected chi connectivity index (χ0v) is 17.3. The summed E-state index contributed by atoms with van der Waals surface area (Å²) in [5, 5.41) is 0. The van der Waals surface area contributed by atoms with Crippen LogP contribution in [0.3, 0.4) is 0 Å². The highest BCUT2D eigenvalue weighted by Crippen LogP contribution is 2.37. The summed E-state index contributed by atoms with van der Waals surface area (Å²) in [6, 6.07) is 23.9. The molecule has 0 N–H and O–H groups in total. The number of amides is 1. The molecular weight excluding hydrogens is 374 g/mol. The maximum atomic E-state index is 13.0. The summed E-state index contributed by atoms with van der Waals surface area (Å²) in [6.45, 7) is 0.981. The number of aromatic nitrogens is 1. The largest absolute Gasteiger partial charge is 0.445 e. The number of nitrogens with zero attached hydrogens (tertiary/aromatic N) is 3. The molecule has 5 heteroatoms. The summed E-state index contributed by atoms with van der Waals surface area (Å²) in [5.74, 6) is 0.872. The Hall–Kier alpha value is -3.34. The average molecular weight is 402 g/mol. The first-order valence-electron chi connectivity index (χ1n) is 10.4. The Bertz CT molecular complexity index is 962. The number of likely N-dealkylation sites (tertiary alicyclic amines) is 1. The Morgan fingerprint density at radius 1 is 1.03 bits per heavy atom. The summed E-state index contributed by atoms with van der Waals surface area (Å²) in [6.07, 6.45) is 4.51. The van der Waals surface area contributed by atoms with Crippen LogP contribution in [0.25, 0.3) is 0 Å². The Kier molecular flexibility index (Phi) is 6.28. The van der Waals surface area contributed by atoms with E-state index in [9.17, 15) is 4.79 Å². The van der Waals surface area contributed by atoms with Crippen molar-refractivity contribution in [1.82, 2.24) is 9.88 Å². The molecule has 0 radical (unpaired) electrons. The van der Waals surface area contributed by atoms with Crippen LogP contribution in [0.5, 0.6) is 0 Å². The molecule has 4 rings (SSSR count). The van der Waals surface area contributed by atoms with E-state index >= 15 is 0 Å². The number of piperidine rings is 1. The molecule has 1 fully saturated rings. The SMILES string of the molecule is CN(c1ccccc1)c1ncccc1C1CCCCN1C(=O)OCc1ccccc1. The summed E-state index contributed by atoms with van der Waals surface area (Å²) < 4.78 is 5.66. The molecule has 0 spiro atoms. The Morgan fingerprint density at radius 2 is 1.77 bits per heavy atom. The minimum atomic E-state index is -0.263. The molecule has 1 aromatic heterocycles. The molecule has 1 saturated heterocycles. The third-order valence-electron chi connectivity index (χ3n) is 5.58. The van der Waals surface area contributed by atoms with Gasteiger partial charge in [0.05, 0.1) is 6.04 Å². The van der Waals surface area contributed by atoms with E-state index in [0.717, 1.165) is 41.9 Å². The van der Waals surface area contributed by atoms with Gasteiger partial charge in [-0.3, -0.25) is 0 Å². The molecule has 0 bridgehead atoms. The molecule has 1 aliphatic heterocycles. The highest BCUT2D eigenvalue weighted by molar-refractivity contribution is 5.70. The molecular formula is C25H27N3O2. The molecule has 1 aliphatic rings. The summed E-state index contributed by atoms with van der Waals surface area (Å²) in [5.41, 5.74) is 3.11. The van der Waals surface area contributed by atoms with Crippen LogP contribution in [0, 0.1) is 0 Å². The lowest BCUT2D eigenvalue weighted by Crippen LogP contribution is -2.39. The number of anilines is 2. The lowest BCUT2D eigenvalue weighted by molar-refractivity contribution is 0.0679. The van der Waals surface area contributed by atoms with Gasteiger partial charge in [0, 0.05) is 31.0 Å². The number of para-hydroxylation sites is 1. The van der Waals surface area contributed by atoms with Crippen molar-refractivity contribution in [2.24, 2.45) is 0 Å². The van der Waals surface area contributed by atoms with E-state index in [-0.39, 0.29) is 18.7 Å². The van der Waals surface area contributed by atoms with Crippen LogP contribution >= 0.6 is 0 Å². The fourth-order valence-electron chi connectivity index (χ4n) is 4.00. The fourth-order valence-corrected chi connectivity index (χ4v) is 4.00. The number of pyridine rings is 1. The van der Waals surface area contributed by atoms with Crippen LogP contribution in [0.4, 0.5) is 16.3 Å². The van der Waals surface area contributed by atoms with Gasteiger partial charge in [-0.05, 0) is 43.0 Å². The molecule has 3 aromatic rings. The highest BCUT2D eigenvalue weighted by Gasteiger charge is 2.31. The number of ether oxygens (including phenoxy) is 1. The molecule has 5 nitrogen and oxygen atoms in total. The van der Waals surface area contributed by atoms with Crippen molar-refractivity contribution in [3.63, 3.8) is 0 Å². The van der Waals surface area contributed by atoms with E-state index in [1.165, 1.54) is 0 Å². The third-order valence-corrected chi connectivity index (χ3v) is 5.58. The van der Waals surface area contributed by atoms with Gasteiger partial charge in [0.2, 0.25) is 0 Å². The van der Waals surface area contributed by atoms with E-state index in [1.807, 2.05) is 66.5 Å². The van der Waals surface area contributed by atoms with E-state index in [4.69, 9.17) is 4.74 Å². The molecule has 154 valence electrons. The first-order valence-corrected chi connectivity index (χ1v) is 10.4. The molecule has 0 aliphatic carbocycles. The first kappa shape index (κ1) is 20.0. The quantitative estimate of drug-likeness (QED) is 0.549. The predicted octanol–water partition coefficient (Wildman–Crippen LogP) is 5.71. The maximum absolute atomic E-state index is 13.0. The second-order valence-electron chi connectivity index (χ2n) is 7.56. The molecule has 1 atom stereocenters. The van der Waals surface area contributed by atoms with Crippen molar-refractivity contribution >= 4 is 17.6 Å². The lowest BCUT2D eigenvalue weighted by Gasteiger charge is -2.36. The minimum Gasteiger partial charge on any atom is -0.445 e. The smallest absolute Gasteiger partial charge is 0.410 e. The molecule has 1 amide bonds. The number of benzene rings is 2. The van der Waals surface area contributed by atoms with Crippen LogP contribution in [0.2, 0.25) is 0 Å². The second-order valence-corrected chi connectivity index (χ2v) is 7.56. The topological polar surface area (TPSA) is 45.7 Å². The van der Waals surface area contributed by atoms with E-state index < -0.39 is 0 Å². The zero-order valence-electron chi connectivity index (χ0n) is 17.3. The van der Waals surface area contributed by atoms with Crippen molar-refractivity contribution in [2.45, 2.75) is 31.9 Å². The Morgan fingerprint density at radius 3 is 2.53 bits per heavy atom. The van der Waals surface area contributed by atoms with Gasteiger partial charge >= 0.3 is 6.09 Å². The normalized spacial score (nSPS) is 16.2. The molecule has 2 heterocycles. The maximum Gasteiger partial charge on any atom is 0.410 e. The fraction of sp³-hybridized carbons (Fsp3) is 0.280. The van der Waals surface area contributed by atoms with Crippen molar-refractivity contribution in [2.75, 3.05) is 18.5 Å². The van der Waals surface area contributed by atoms with Gasteiger partial charge in [-0.15, -0.1) is 0 Å². The van der Waals surface area contributed by atoms with Crippen LogP contribution in [-0.4, -0.2) is 29.6 Å². The van der Waals surface area contributed by atoms with E-state index in [1.54, 1.807) is 6.20 Å². The lowest BCUT2D eigenvalue weighted by atomic mass is 9.95. The van der Waals surface area contributed by atoms with Gasteiger partial charge in [-0.1, -0.05) is 54.6 Å². The first-order chi connectivity index (χ1) is 14.7. The standard InChI is InChI=1S/C25H27N3O2/c1-27(21-13-6-3-7-14-21)24-22(15-10-17-26-24)23-16-8-9-18-28(23)25(29)30-19-20-11-4-2-5-12-20/h2-7,10-15,17,23H,8-9,16,18-19H2,1H3. The molecule has 30 heavy (non-hydrogen) atoms. The predicted molar refractivity (Wildman–Crippen MR) is 119 cm³/mol. The third kappa shape index (κ3) is 4.46. The Balaban J connectivity index is 1.56. The summed E-state index contributed by atoms with van der Waals surface area (Å²) >= 11 is 0. The molecule has 0 saturated carbocycles. The zero-order chi connectivity index (χ0) is 20.8. The van der Waals surface area contributed by atoms with Crippen molar-refractivity contribution in [3.05, 3.63) is 90.1 Å². The van der Waals surface area contributed by atoms with Crippen LogP contribution in [-0.2, 0) is 11.3 Å². The van der Waals surface area contributed by atoms with Gasteiger partial charge in [0.1, 0.15) is 12.4 Å². The van der Waals surface area contributed by atoms with Gasteiger partial charge in [0.25, 0.3) is 0 Å². The van der Waals surface area contributed by atoms with Crippen molar-refractivity contribution in [3.8, 4) is 0 Å². The van der Waals surface area contributed by atoms with Gasteiger partial charge in [-0.25, -0.2) is 9.78 Å². The van der Waals surface area contributed by atoms with E-state index in [2.05, 4.69) is 28.1 Å². The van der Waals surface area contributed by atoms with E-state index in [0.29, 0.717) is 6.54 Å². The van der Waals surface area contributed by atoms with Crippen molar-refractivity contribution in [1.29, 1.82) is 0 Å². The summed E-state index contributed by atoms with van der Waals surface area (Å²) in [7, 11) is 2.02. The Labute approximate surface area is 177 Å². The van der Waals surface area contributed by atoms with Crippen LogP contribution in [0.15, 0.2) is 79.0 Å². The van der Waals surface area contributed by atoms with Crippen LogP contribution in [0.1, 0.15) is 36.4 Å². The number of hydrogen-bond donors (Lipinski definition) is 0. The van der Waals surface area contributed by atoms with Crippen LogP contribution < -0.4 is 4.90 Å². The number of carbonyl (C=O) groups excluding carboxylic acids is 1. The number of hydrogen-bond acceptors (Lipinski definition) is 4. The average Bonchev–Trinajstić information content (AvgIpc) is 2.83.